The molecule has 3 N–H and O–H groups in total. The second-order valence-corrected chi connectivity index (χ2v) is 9.27. The molecular formula is C27H33N5O. The van der Waals surface area contributed by atoms with Gasteiger partial charge in [-0.3, -0.25) is 4.79 Å². The number of hydrogen-bond donors (Lipinski definition) is 2. The number of benzene rings is 1. The summed E-state index contributed by atoms with van der Waals surface area (Å²) in [7, 11) is 0. The van der Waals surface area contributed by atoms with Gasteiger partial charge in [-0.05, 0) is 76.3 Å². The van der Waals surface area contributed by atoms with E-state index in [1.165, 1.54) is 36.8 Å². The Balaban J connectivity index is 1.45. The van der Waals surface area contributed by atoms with Gasteiger partial charge in [-0.25, -0.2) is 9.97 Å². The molecule has 0 spiro atoms. The monoisotopic (exact) mass is 443 g/mol. The van der Waals surface area contributed by atoms with E-state index in [1.54, 1.807) is 0 Å². The molecule has 6 nitrogen and oxygen atoms in total. The number of hydrogen-bond acceptors (Lipinski definition) is 4. The number of anilines is 1. The normalized spacial score (nSPS) is 16.6. The molecular weight excluding hydrogens is 410 g/mol. The number of aromatic nitrogens is 3. The Kier molecular flexibility index (Phi) is 6.42. The fourth-order valence-corrected chi connectivity index (χ4v) is 5.11. The zero-order valence-electron chi connectivity index (χ0n) is 19.3. The molecule has 0 unspecified atom stereocenters. The highest BCUT2D eigenvalue weighted by molar-refractivity contribution is 6.10. The number of nitrogens with two attached hydrogens (primary N) is 1. The van der Waals surface area contributed by atoms with E-state index in [0.717, 1.165) is 49.6 Å². The van der Waals surface area contributed by atoms with Crippen LogP contribution in [0.15, 0.2) is 47.6 Å². The Morgan fingerprint density at radius 2 is 1.61 bits per heavy atom. The third-order valence-corrected chi connectivity index (χ3v) is 6.98. The fraction of sp³-hybridized carbons (Fsp3) is 0.444. The van der Waals surface area contributed by atoms with Crippen molar-refractivity contribution in [3.05, 3.63) is 53.1 Å². The fourth-order valence-electron chi connectivity index (χ4n) is 5.11. The molecule has 2 aliphatic rings. The molecule has 3 aromatic rings. The maximum absolute atomic E-state index is 13.3. The first-order valence-corrected chi connectivity index (χ1v) is 12.4. The minimum absolute atomic E-state index is 0.158. The molecule has 0 saturated heterocycles. The van der Waals surface area contributed by atoms with Crippen molar-refractivity contribution in [1.29, 1.82) is 0 Å². The van der Waals surface area contributed by atoms with E-state index in [4.69, 9.17) is 15.7 Å². The lowest BCUT2D eigenvalue weighted by atomic mass is 9.97. The minimum Gasteiger partial charge on any atom is -0.384 e. The average molecular weight is 444 g/mol. The molecule has 1 amide bonds. The van der Waals surface area contributed by atoms with Crippen molar-refractivity contribution in [2.45, 2.75) is 70.8 Å². The lowest BCUT2D eigenvalue weighted by Gasteiger charge is -2.14. The van der Waals surface area contributed by atoms with Gasteiger partial charge in [0.2, 0.25) is 0 Å². The SMILES string of the molecule is Nc1c(C(=O)NCCC2=CCCCC2)c2nc3ccccc3nc2n1CCC1=CCCCC1. The molecule has 0 bridgehead atoms. The largest absolute Gasteiger partial charge is 0.384 e. The van der Waals surface area contributed by atoms with Crippen molar-refractivity contribution in [2.75, 3.05) is 12.3 Å². The van der Waals surface area contributed by atoms with Crippen LogP contribution < -0.4 is 11.1 Å². The maximum Gasteiger partial charge on any atom is 0.257 e. The van der Waals surface area contributed by atoms with Crippen LogP contribution in [-0.4, -0.2) is 27.0 Å². The van der Waals surface area contributed by atoms with Gasteiger partial charge in [-0.1, -0.05) is 35.4 Å². The number of para-hydroxylation sites is 2. The van der Waals surface area contributed by atoms with E-state index in [-0.39, 0.29) is 5.91 Å². The van der Waals surface area contributed by atoms with Crippen molar-refractivity contribution >= 4 is 33.9 Å². The molecule has 0 radical (unpaired) electrons. The van der Waals surface area contributed by atoms with Gasteiger partial charge < -0.3 is 15.6 Å². The van der Waals surface area contributed by atoms with Gasteiger partial charge in [0.1, 0.15) is 16.9 Å². The topological polar surface area (TPSA) is 85.8 Å². The van der Waals surface area contributed by atoms with Crippen molar-refractivity contribution in [2.24, 2.45) is 0 Å². The number of carbonyl (C=O) groups is 1. The van der Waals surface area contributed by atoms with E-state index < -0.39 is 0 Å². The Morgan fingerprint density at radius 3 is 2.27 bits per heavy atom. The van der Waals surface area contributed by atoms with Crippen LogP contribution in [0.5, 0.6) is 0 Å². The Hall–Kier alpha value is -3.15. The van der Waals surface area contributed by atoms with Crippen LogP contribution >= 0.6 is 0 Å². The van der Waals surface area contributed by atoms with E-state index in [2.05, 4.69) is 17.5 Å². The van der Waals surface area contributed by atoms with E-state index in [0.29, 0.717) is 35.6 Å². The lowest BCUT2D eigenvalue weighted by molar-refractivity contribution is 0.0956. The summed E-state index contributed by atoms with van der Waals surface area (Å²) in [5.41, 5.74) is 12.9. The van der Waals surface area contributed by atoms with Crippen molar-refractivity contribution < 1.29 is 4.79 Å². The number of allylic oxidation sites excluding steroid dienone is 3. The summed E-state index contributed by atoms with van der Waals surface area (Å²) in [6.07, 6.45) is 16.2. The Morgan fingerprint density at radius 1 is 0.939 bits per heavy atom. The van der Waals surface area contributed by atoms with Gasteiger partial charge in [0.05, 0.1) is 11.0 Å². The van der Waals surface area contributed by atoms with Crippen LogP contribution in [0.25, 0.3) is 22.2 Å². The third-order valence-electron chi connectivity index (χ3n) is 6.98. The van der Waals surface area contributed by atoms with Crippen LogP contribution in [0, 0.1) is 0 Å². The molecule has 0 aliphatic heterocycles. The average Bonchev–Trinajstić information content (AvgIpc) is 3.12. The summed E-state index contributed by atoms with van der Waals surface area (Å²) in [5.74, 6) is 0.306. The standard InChI is InChI=1S/C27H33N5O/c28-25-23(27(33)29-17-15-19-9-3-1-4-10-19)24-26(31-22-14-8-7-13-21(22)30-24)32(25)18-16-20-11-5-2-6-12-20/h7-9,11,13-14H,1-6,10,12,15-18,28H2,(H,29,33). The molecule has 2 heterocycles. The molecule has 172 valence electrons. The second-order valence-electron chi connectivity index (χ2n) is 9.27. The third kappa shape index (κ3) is 4.65. The molecule has 0 atom stereocenters. The van der Waals surface area contributed by atoms with Gasteiger partial charge >= 0.3 is 0 Å². The van der Waals surface area contributed by atoms with Gasteiger partial charge in [-0.2, -0.15) is 0 Å². The molecule has 6 heteroatoms. The summed E-state index contributed by atoms with van der Waals surface area (Å²) < 4.78 is 1.99. The summed E-state index contributed by atoms with van der Waals surface area (Å²) in [6, 6.07) is 7.78. The first kappa shape index (κ1) is 21.7. The van der Waals surface area contributed by atoms with Crippen LogP contribution in [0.2, 0.25) is 0 Å². The second kappa shape index (κ2) is 9.77. The first-order chi connectivity index (χ1) is 16.2. The molecule has 33 heavy (non-hydrogen) atoms. The number of aryl methyl sites for hydroxylation is 1. The number of nitrogens with zero attached hydrogens (tertiary/aromatic N) is 3. The summed E-state index contributed by atoms with van der Waals surface area (Å²) in [6.45, 7) is 1.33. The van der Waals surface area contributed by atoms with Crippen LogP contribution in [0.1, 0.15) is 74.6 Å². The Bertz CT molecular complexity index is 1240. The molecule has 0 fully saturated rings. The van der Waals surface area contributed by atoms with Crippen LogP contribution in [-0.2, 0) is 6.54 Å². The molecule has 2 aromatic heterocycles. The molecule has 0 saturated carbocycles. The van der Waals surface area contributed by atoms with Crippen LogP contribution in [0.3, 0.4) is 0 Å². The minimum atomic E-state index is -0.158. The van der Waals surface area contributed by atoms with Gasteiger partial charge in [0, 0.05) is 13.1 Å². The maximum atomic E-state index is 13.3. The molecule has 2 aliphatic carbocycles. The lowest BCUT2D eigenvalue weighted by Crippen LogP contribution is -2.26. The van der Waals surface area contributed by atoms with E-state index >= 15 is 0 Å². The summed E-state index contributed by atoms with van der Waals surface area (Å²) >= 11 is 0. The van der Waals surface area contributed by atoms with Crippen molar-refractivity contribution in [3.8, 4) is 0 Å². The zero-order chi connectivity index (χ0) is 22.6. The quantitative estimate of drug-likeness (QED) is 0.460. The first-order valence-electron chi connectivity index (χ1n) is 12.4. The number of nitrogens with one attached hydrogen (secondary N) is 1. The van der Waals surface area contributed by atoms with Crippen LogP contribution in [0.4, 0.5) is 5.82 Å². The molecule has 5 rings (SSSR count). The predicted octanol–water partition coefficient (Wildman–Crippen LogP) is 5.68. The zero-order valence-corrected chi connectivity index (χ0v) is 19.3. The van der Waals surface area contributed by atoms with Crippen molar-refractivity contribution in [3.63, 3.8) is 0 Å². The van der Waals surface area contributed by atoms with E-state index in [9.17, 15) is 4.79 Å². The number of nitrogen functional groups attached to an aromatic ring is 1. The smallest absolute Gasteiger partial charge is 0.257 e. The van der Waals surface area contributed by atoms with Crippen molar-refractivity contribution in [1.82, 2.24) is 19.9 Å². The highest BCUT2D eigenvalue weighted by atomic mass is 16.1. The summed E-state index contributed by atoms with van der Waals surface area (Å²) in [4.78, 5) is 23.0. The van der Waals surface area contributed by atoms with Gasteiger partial charge in [0.15, 0.2) is 5.65 Å². The number of rotatable bonds is 7. The number of fused-ring (bicyclic) bond motifs is 2. The number of amides is 1. The number of carbonyl (C=O) groups excluding carboxylic acids is 1. The highest BCUT2D eigenvalue weighted by Crippen LogP contribution is 2.30. The van der Waals surface area contributed by atoms with Gasteiger partial charge in [0.25, 0.3) is 5.91 Å². The Labute approximate surface area is 195 Å². The van der Waals surface area contributed by atoms with E-state index in [1.807, 2.05) is 28.8 Å². The highest BCUT2D eigenvalue weighted by Gasteiger charge is 2.24. The summed E-state index contributed by atoms with van der Waals surface area (Å²) in [5, 5.41) is 3.09. The molecule has 1 aromatic carbocycles. The van der Waals surface area contributed by atoms with Gasteiger partial charge in [-0.15, -0.1) is 0 Å². The predicted molar refractivity (Wildman–Crippen MR) is 134 cm³/mol.